The molecule has 0 bridgehead atoms. The lowest BCUT2D eigenvalue weighted by Gasteiger charge is -2.17. The Morgan fingerprint density at radius 1 is 0.854 bits per heavy atom. The molecule has 1 atom stereocenters. The lowest BCUT2D eigenvalue weighted by molar-refractivity contribution is -0.115. The molecule has 9 heteroatoms. The Hall–Kier alpha value is -4.06. The molecule has 0 saturated heterocycles. The van der Waals surface area contributed by atoms with Gasteiger partial charge in [0.25, 0.3) is 5.91 Å². The molecule has 5 nitrogen and oxygen atoms in total. The number of anilines is 2. The van der Waals surface area contributed by atoms with E-state index in [4.69, 9.17) is 23.2 Å². The molecule has 1 unspecified atom stereocenters. The second kappa shape index (κ2) is 13.1. The number of hydrogen-bond donors (Lipinski definition) is 2. The number of rotatable bonds is 8. The van der Waals surface area contributed by atoms with Crippen LogP contribution in [0.25, 0.3) is 11.1 Å². The maximum Gasteiger partial charge on any atom is 0.257 e. The second-order valence-corrected chi connectivity index (χ2v) is 11.7. The Morgan fingerprint density at radius 3 is 2.29 bits per heavy atom. The molecule has 0 aliphatic carbocycles. The van der Waals surface area contributed by atoms with Crippen molar-refractivity contribution in [3.63, 3.8) is 0 Å². The van der Waals surface area contributed by atoms with Gasteiger partial charge in [-0.05, 0) is 47.5 Å². The number of hydrogen-bond acceptors (Lipinski definition) is 5. The summed E-state index contributed by atoms with van der Waals surface area (Å²) in [5.74, 6) is -0.635. The first kappa shape index (κ1) is 28.5. The van der Waals surface area contributed by atoms with Crippen molar-refractivity contribution < 1.29 is 9.59 Å². The lowest BCUT2D eigenvalue weighted by Crippen LogP contribution is -2.19. The van der Waals surface area contributed by atoms with Gasteiger partial charge in [-0.3, -0.25) is 9.59 Å². The van der Waals surface area contributed by atoms with Crippen molar-refractivity contribution in [3.05, 3.63) is 135 Å². The average molecular weight is 615 g/mol. The number of thioether (sulfide) groups is 1. The first-order valence-electron chi connectivity index (χ1n) is 12.4. The summed E-state index contributed by atoms with van der Waals surface area (Å²) in [6.45, 7) is 0. The Labute approximate surface area is 255 Å². The highest BCUT2D eigenvalue weighted by Crippen LogP contribution is 2.40. The normalized spacial score (nSPS) is 11.3. The molecule has 41 heavy (non-hydrogen) atoms. The van der Waals surface area contributed by atoms with E-state index in [0.717, 1.165) is 21.6 Å². The van der Waals surface area contributed by atoms with Gasteiger partial charge in [0.15, 0.2) is 0 Å². The van der Waals surface area contributed by atoms with Crippen LogP contribution in [0.2, 0.25) is 10.0 Å². The van der Waals surface area contributed by atoms with Crippen LogP contribution in [0.3, 0.4) is 0 Å². The summed E-state index contributed by atoms with van der Waals surface area (Å²) in [5, 5.41) is 18.2. The van der Waals surface area contributed by atoms with Crippen LogP contribution >= 0.6 is 46.3 Å². The first-order chi connectivity index (χ1) is 19.9. The van der Waals surface area contributed by atoms with E-state index in [1.54, 1.807) is 30.3 Å². The molecular formula is C32H21Cl2N3O2S2. The number of nitrogens with one attached hydrogen (secondary N) is 2. The molecule has 1 aromatic heterocycles. The van der Waals surface area contributed by atoms with Crippen molar-refractivity contribution in [1.82, 2.24) is 0 Å². The van der Waals surface area contributed by atoms with E-state index in [9.17, 15) is 14.9 Å². The zero-order chi connectivity index (χ0) is 28.8. The predicted octanol–water partition coefficient (Wildman–Crippen LogP) is 9.32. The van der Waals surface area contributed by atoms with E-state index in [0.29, 0.717) is 26.8 Å². The third-order valence-corrected chi connectivity index (χ3v) is 8.78. The number of carbonyl (C=O) groups excluding carboxylic acids is 2. The zero-order valence-corrected chi connectivity index (χ0v) is 24.5. The van der Waals surface area contributed by atoms with Crippen molar-refractivity contribution in [2.75, 3.05) is 10.6 Å². The number of carbonyl (C=O) groups is 2. The minimum absolute atomic E-state index is 0.252. The van der Waals surface area contributed by atoms with E-state index >= 15 is 0 Å². The number of nitriles is 1. The van der Waals surface area contributed by atoms with Gasteiger partial charge in [-0.2, -0.15) is 5.26 Å². The number of amides is 2. The fraction of sp³-hybridized carbons (Fsp3) is 0.0312. The van der Waals surface area contributed by atoms with Crippen molar-refractivity contribution in [2.24, 2.45) is 0 Å². The van der Waals surface area contributed by atoms with Gasteiger partial charge < -0.3 is 10.6 Å². The molecule has 2 amide bonds. The number of thiophene rings is 1. The predicted molar refractivity (Wildman–Crippen MR) is 169 cm³/mol. The SMILES string of the molecule is N#Cc1c(-c2ccccc2)csc1NC(=O)C(Sc1cccc(NC(=O)c2ccc(Cl)cc2Cl)c1)c1ccccc1. The van der Waals surface area contributed by atoms with Gasteiger partial charge in [0.1, 0.15) is 16.3 Å². The van der Waals surface area contributed by atoms with Crippen LogP contribution in [-0.2, 0) is 4.79 Å². The molecule has 0 radical (unpaired) electrons. The quantitative estimate of drug-likeness (QED) is 0.171. The van der Waals surface area contributed by atoms with Gasteiger partial charge in [0.05, 0.1) is 16.1 Å². The van der Waals surface area contributed by atoms with Crippen molar-refractivity contribution in [3.8, 4) is 17.2 Å². The molecule has 2 N–H and O–H groups in total. The Kier molecular flexibility index (Phi) is 9.07. The Balaban J connectivity index is 1.38. The molecule has 4 aromatic carbocycles. The van der Waals surface area contributed by atoms with Crippen LogP contribution in [0, 0.1) is 11.3 Å². The standard InChI is InChI=1S/C32H21Cl2N3O2S2/c33-22-14-15-25(28(34)16-22)30(38)36-23-12-7-13-24(17-23)41-29(21-10-5-2-6-11-21)31(39)37-32-26(18-35)27(19-40-32)20-8-3-1-4-9-20/h1-17,19,29H,(H,36,38)(H,37,39). The fourth-order valence-electron chi connectivity index (χ4n) is 4.12. The molecule has 5 aromatic rings. The van der Waals surface area contributed by atoms with Crippen LogP contribution in [0.5, 0.6) is 0 Å². The van der Waals surface area contributed by atoms with Gasteiger partial charge >= 0.3 is 0 Å². The Morgan fingerprint density at radius 2 is 1.59 bits per heavy atom. The zero-order valence-electron chi connectivity index (χ0n) is 21.3. The van der Waals surface area contributed by atoms with Gasteiger partial charge in [0.2, 0.25) is 5.91 Å². The lowest BCUT2D eigenvalue weighted by atomic mass is 10.1. The molecule has 0 aliphatic heterocycles. The average Bonchev–Trinajstić information content (AvgIpc) is 3.39. The summed E-state index contributed by atoms with van der Waals surface area (Å²) < 4.78 is 0. The number of benzene rings is 4. The largest absolute Gasteiger partial charge is 0.322 e. The molecule has 202 valence electrons. The highest BCUT2D eigenvalue weighted by atomic mass is 35.5. The van der Waals surface area contributed by atoms with Crippen LogP contribution in [0.4, 0.5) is 10.7 Å². The van der Waals surface area contributed by atoms with Crippen molar-refractivity contribution in [2.45, 2.75) is 10.1 Å². The van der Waals surface area contributed by atoms with Gasteiger partial charge in [0, 0.05) is 26.5 Å². The van der Waals surface area contributed by atoms with Gasteiger partial charge in [-0.1, -0.05) is 89.9 Å². The van der Waals surface area contributed by atoms with E-state index in [2.05, 4.69) is 16.7 Å². The maximum absolute atomic E-state index is 13.7. The number of halogens is 2. The van der Waals surface area contributed by atoms with Crippen LogP contribution in [-0.4, -0.2) is 11.8 Å². The van der Waals surface area contributed by atoms with Crippen LogP contribution < -0.4 is 10.6 Å². The first-order valence-corrected chi connectivity index (χ1v) is 14.9. The van der Waals surface area contributed by atoms with E-state index in [1.165, 1.54) is 29.2 Å². The third-order valence-electron chi connectivity index (χ3n) is 6.09. The van der Waals surface area contributed by atoms with Gasteiger partial charge in [-0.15, -0.1) is 23.1 Å². The summed E-state index contributed by atoms with van der Waals surface area (Å²) in [6.07, 6.45) is 0. The topological polar surface area (TPSA) is 82.0 Å². The minimum atomic E-state index is -0.623. The third kappa shape index (κ3) is 6.82. The molecule has 0 aliphatic rings. The van der Waals surface area contributed by atoms with Crippen LogP contribution in [0.15, 0.2) is 113 Å². The molecule has 1 heterocycles. The second-order valence-electron chi connectivity index (χ2n) is 8.84. The molecule has 0 fully saturated rings. The summed E-state index contributed by atoms with van der Waals surface area (Å²) in [4.78, 5) is 27.3. The summed E-state index contributed by atoms with van der Waals surface area (Å²) >= 11 is 14.8. The van der Waals surface area contributed by atoms with E-state index < -0.39 is 5.25 Å². The molecule has 0 spiro atoms. The number of nitrogens with zero attached hydrogens (tertiary/aromatic N) is 1. The summed E-state index contributed by atoms with van der Waals surface area (Å²) in [5.41, 5.74) is 3.77. The maximum atomic E-state index is 13.7. The summed E-state index contributed by atoms with van der Waals surface area (Å²) in [7, 11) is 0. The van der Waals surface area contributed by atoms with E-state index in [1.807, 2.05) is 72.1 Å². The van der Waals surface area contributed by atoms with E-state index in [-0.39, 0.29) is 16.8 Å². The Bertz CT molecular complexity index is 1750. The highest BCUT2D eigenvalue weighted by molar-refractivity contribution is 8.00. The fourth-order valence-corrected chi connectivity index (χ4v) is 6.62. The highest BCUT2D eigenvalue weighted by Gasteiger charge is 2.25. The van der Waals surface area contributed by atoms with Crippen LogP contribution in [0.1, 0.15) is 26.7 Å². The smallest absolute Gasteiger partial charge is 0.257 e. The summed E-state index contributed by atoms with van der Waals surface area (Å²) in [6, 6.07) is 33.2. The van der Waals surface area contributed by atoms with Crippen molar-refractivity contribution >= 4 is 68.8 Å². The minimum Gasteiger partial charge on any atom is -0.322 e. The van der Waals surface area contributed by atoms with Crippen molar-refractivity contribution in [1.29, 1.82) is 5.26 Å². The molecule has 5 rings (SSSR count). The molecular weight excluding hydrogens is 593 g/mol. The van der Waals surface area contributed by atoms with Gasteiger partial charge in [-0.25, -0.2) is 0 Å². The monoisotopic (exact) mass is 613 g/mol. The molecule has 0 saturated carbocycles.